The second-order valence-electron chi connectivity index (χ2n) is 3.26. The molecule has 0 N–H and O–H groups in total. The average Bonchev–Trinajstić information content (AvgIpc) is 2.17. The molecule has 1 atom stereocenters. The molecule has 0 spiro atoms. The van der Waals surface area contributed by atoms with Gasteiger partial charge in [0, 0.05) is 6.07 Å². The summed E-state index contributed by atoms with van der Waals surface area (Å²) in [5, 5.41) is 0. The normalized spacial score (nSPS) is 16.8. The minimum absolute atomic E-state index is 0.861. The summed E-state index contributed by atoms with van der Waals surface area (Å²) in [4.78, 5) is 0.922. The highest BCUT2D eigenvalue weighted by Crippen LogP contribution is 2.22. The van der Waals surface area contributed by atoms with Gasteiger partial charge >= 0.3 is 0 Å². The molecule has 0 saturated heterocycles. The molecular weight excluding hydrogens is 180 g/mol. The second-order valence-corrected chi connectivity index (χ2v) is 4.64. The average molecular weight is 192 g/mol. The number of hydrogen-bond acceptors (Lipinski definition) is 1. The van der Waals surface area contributed by atoms with Crippen molar-refractivity contribution in [2.24, 2.45) is 0 Å². The number of rotatable bonds is 1. The van der Waals surface area contributed by atoms with E-state index in [0.717, 1.165) is 17.7 Å². The molecule has 0 fully saturated rings. The van der Waals surface area contributed by atoms with E-state index in [1.54, 1.807) is 6.26 Å². The van der Waals surface area contributed by atoms with Crippen LogP contribution in [0.4, 0.5) is 0 Å². The predicted octanol–water partition coefficient (Wildman–Crippen LogP) is 2.38. The quantitative estimate of drug-likeness (QED) is 0.626. The van der Waals surface area contributed by atoms with Crippen molar-refractivity contribution in [3.63, 3.8) is 0 Å². The highest BCUT2D eigenvalue weighted by atomic mass is 32.2. The fourth-order valence-electron chi connectivity index (χ4n) is 1.58. The lowest BCUT2D eigenvalue weighted by Gasteiger charge is -2.11. The molecule has 0 amide bonds. The molecule has 0 aromatic heterocycles. The zero-order valence-electron chi connectivity index (χ0n) is 7.62. The molecule has 1 aromatic rings. The van der Waals surface area contributed by atoms with Crippen molar-refractivity contribution in [3.05, 3.63) is 35.4 Å². The smallest absolute Gasteiger partial charge is 0.153 e. The van der Waals surface area contributed by atoms with Crippen LogP contribution in [0, 0.1) is 0 Å². The third-order valence-corrected chi connectivity index (χ3v) is 3.24. The molecule has 1 nitrogen and oxygen atoms in total. The number of hydrogen-bond donors (Lipinski definition) is 0. The largest absolute Gasteiger partial charge is 0.612 e. The third-order valence-electron chi connectivity index (χ3n) is 2.33. The van der Waals surface area contributed by atoms with Gasteiger partial charge in [0.05, 0.1) is 0 Å². The van der Waals surface area contributed by atoms with Crippen LogP contribution in [-0.2, 0) is 17.6 Å². The van der Waals surface area contributed by atoms with Gasteiger partial charge in [0.2, 0.25) is 0 Å². The molecule has 0 aliphatic heterocycles. The Bertz CT molecular complexity index is 342. The van der Waals surface area contributed by atoms with Crippen molar-refractivity contribution >= 4 is 17.3 Å². The zero-order chi connectivity index (χ0) is 9.26. The van der Waals surface area contributed by atoms with Crippen molar-refractivity contribution < 1.29 is 4.55 Å². The van der Waals surface area contributed by atoms with Gasteiger partial charge in [-0.15, -0.1) is 0 Å². The Morgan fingerprint density at radius 3 is 3.00 bits per heavy atom. The molecule has 0 radical (unpaired) electrons. The molecule has 68 valence electrons. The van der Waals surface area contributed by atoms with E-state index in [1.165, 1.54) is 11.1 Å². The molecule has 1 aliphatic rings. The summed E-state index contributed by atoms with van der Waals surface area (Å²) in [6.07, 6.45) is 8.25. The molecule has 0 saturated carbocycles. The minimum Gasteiger partial charge on any atom is -0.612 e. The number of fused-ring (bicyclic) bond motifs is 1. The van der Waals surface area contributed by atoms with Crippen molar-refractivity contribution in [2.45, 2.75) is 17.7 Å². The van der Waals surface area contributed by atoms with Crippen LogP contribution in [0.1, 0.15) is 17.5 Å². The Morgan fingerprint density at radius 1 is 1.38 bits per heavy atom. The molecule has 2 heteroatoms. The first-order chi connectivity index (χ1) is 6.27. The van der Waals surface area contributed by atoms with Crippen LogP contribution in [0.15, 0.2) is 29.2 Å². The van der Waals surface area contributed by atoms with E-state index >= 15 is 0 Å². The van der Waals surface area contributed by atoms with Gasteiger partial charge in [-0.2, -0.15) is 0 Å². The van der Waals surface area contributed by atoms with Gasteiger partial charge in [-0.3, -0.25) is 0 Å². The topological polar surface area (TPSA) is 23.1 Å². The summed E-state index contributed by atoms with van der Waals surface area (Å²) in [6.45, 7) is 0. The van der Waals surface area contributed by atoms with Crippen molar-refractivity contribution in [1.82, 2.24) is 0 Å². The first-order valence-corrected chi connectivity index (χ1v) is 5.96. The van der Waals surface area contributed by atoms with Crippen molar-refractivity contribution in [1.29, 1.82) is 0 Å². The predicted molar refractivity (Wildman–Crippen MR) is 56.1 cm³/mol. The fraction of sp³-hybridized carbons (Fsp3) is 0.273. The van der Waals surface area contributed by atoms with Crippen molar-refractivity contribution in [3.8, 4) is 0 Å². The standard InChI is InChI=1S/C11H12OS/c1-13(12)11-7-6-9-4-2-3-5-10(9)8-11/h3,5-8H,2,4H2,1H3/t13-/m0/s1. The van der Waals surface area contributed by atoms with Crippen LogP contribution >= 0.6 is 0 Å². The van der Waals surface area contributed by atoms with Crippen LogP contribution in [-0.4, -0.2) is 10.8 Å². The number of aryl methyl sites for hydroxylation is 1. The molecule has 0 heterocycles. The van der Waals surface area contributed by atoms with E-state index in [4.69, 9.17) is 0 Å². The van der Waals surface area contributed by atoms with E-state index in [9.17, 15) is 4.55 Å². The van der Waals surface area contributed by atoms with Gasteiger partial charge in [-0.1, -0.05) is 18.2 Å². The summed E-state index contributed by atoms with van der Waals surface area (Å²) in [5.74, 6) is 0. The Hall–Kier alpha value is -0.730. The highest BCUT2D eigenvalue weighted by Gasteiger charge is 2.09. The number of benzene rings is 1. The summed E-state index contributed by atoms with van der Waals surface area (Å²) in [7, 11) is 0. The Balaban J connectivity index is 2.43. The van der Waals surface area contributed by atoms with Gasteiger partial charge in [0.1, 0.15) is 6.26 Å². The maximum atomic E-state index is 11.2. The van der Waals surface area contributed by atoms with E-state index in [1.807, 2.05) is 12.1 Å². The molecule has 2 rings (SSSR count). The second kappa shape index (κ2) is 3.56. The first kappa shape index (κ1) is 8.85. The summed E-state index contributed by atoms with van der Waals surface area (Å²) >= 11 is -0.861. The lowest BCUT2D eigenvalue weighted by molar-refractivity contribution is 0.600. The maximum Gasteiger partial charge on any atom is 0.153 e. The molecule has 13 heavy (non-hydrogen) atoms. The summed E-state index contributed by atoms with van der Waals surface area (Å²) < 4.78 is 11.2. The van der Waals surface area contributed by atoms with Crippen LogP contribution in [0.5, 0.6) is 0 Å². The van der Waals surface area contributed by atoms with E-state index < -0.39 is 11.2 Å². The van der Waals surface area contributed by atoms with Gasteiger partial charge in [-0.05, 0) is 41.2 Å². The van der Waals surface area contributed by atoms with Gasteiger partial charge in [0.15, 0.2) is 4.90 Å². The molecular formula is C11H12OS. The number of allylic oxidation sites excluding steroid dienone is 1. The highest BCUT2D eigenvalue weighted by molar-refractivity contribution is 7.90. The Labute approximate surface area is 81.7 Å². The third kappa shape index (κ3) is 1.79. The van der Waals surface area contributed by atoms with Gasteiger partial charge in [0.25, 0.3) is 0 Å². The van der Waals surface area contributed by atoms with E-state index in [-0.39, 0.29) is 0 Å². The van der Waals surface area contributed by atoms with E-state index in [0.29, 0.717) is 0 Å². The lowest BCUT2D eigenvalue weighted by atomic mass is 9.98. The summed E-state index contributed by atoms with van der Waals surface area (Å²) in [6, 6.07) is 6.09. The van der Waals surface area contributed by atoms with Gasteiger partial charge < -0.3 is 4.55 Å². The van der Waals surface area contributed by atoms with Crippen LogP contribution in [0.25, 0.3) is 6.08 Å². The monoisotopic (exact) mass is 192 g/mol. The Kier molecular flexibility index (Phi) is 2.42. The SMILES string of the molecule is C[S@+]([O-])c1ccc2c(c1)C=CCC2. The minimum atomic E-state index is -0.861. The van der Waals surface area contributed by atoms with Crippen molar-refractivity contribution in [2.75, 3.05) is 6.26 Å². The molecule has 1 aromatic carbocycles. The van der Waals surface area contributed by atoms with E-state index in [2.05, 4.69) is 18.2 Å². The lowest BCUT2D eigenvalue weighted by Crippen LogP contribution is -2.00. The molecule has 1 aliphatic carbocycles. The molecule has 0 bridgehead atoms. The van der Waals surface area contributed by atoms with Gasteiger partial charge in [-0.25, -0.2) is 0 Å². The zero-order valence-corrected chi connectivity index (χ0v) is 8.43. The summed E-state index contributed by atoms with van der Waals surface area (Å²) in [5.41, 5.74) is 2.61. The first-order valence-electron chi connectivity index (χ1n) is 4.40. The fourth-order valence-corrected chi connectivity index (χ4v) is 2.14. The van der Waals surface area contributed by atoms with Crippen LogP contribution in [0.2, 0.25) is 0 Å². The Morgan fingerprint density at radius 2 is 2.23 bits per heavy atom. The van der Waals surface area contributed by atoms with Crippen LogP contribution < -0.4 is 0 Å². The molecule has 0 unspecified atom stereocenters. The maximum absolute atomic E-state index is 11.2. The van der Waals surface area contributed by atoms with Crippen LogP contribution in [0.3, 0.4) is 0 Å².